The van der Waals surface area contributed by atoms with Crippen molar-refractivity contribution in [2.24, 2.45) is 0 Å². The van der Waals surface area contributed by atoms with E-state index in [2.05, 4.69) is 414 Å². The first-order chi connectivity index (χ1) is 52.6. The van der Waals surface area contributed by atoms with Gasteiger partial charge in [0.25, 0.3) is 6.71 Å². The first-order valence-corrected chi connectivity index (χ1v) is 36.7. The van der Waals surface area contributed by atoms with Gasteiger partial charge in [0, 0.05) is 49.8 Å². The molecule has 4 heterocycles. The molecule has 492 valence electrons. The van der Waals surface area contributed by atoms with Gasteiger partial charge in [-0.1, -0.05) is 309 Å². The largest absolute Gasteiger partial charge is 0.311 e. The fourth-order valence-electron chi connectivity index (χ4n) is 17.4. The predicted molar refractivity (Wildman–Crippen MR) is 449 cm³/mol. The highest BCUT2D eigenvalue weighted by atomic mass is 15.2. The Hall–Kier alpha value is -13.8. The quantitative estimate of drug-likeness (QED) is 0.111. The van der Waals surface area contributed by atoms with Crippen LogP contribution in [-0.2, 0) is 0 Å². The molecule has 0 atom stereocenters. The van der Waals surface area contributed by atoms with E-state index in [9.17, 15) is 0 Å². The van der Waals surface area contributed by atoms with E-state index >= 15 is 0 Å². The van der Waals surface area contributed by atoms with E-state index in [0.717, 1.165) is 61.7 Å². The summed E-state index contributed by atoms with van der Waals surface area (Å²) in [5.41, 5.74) is 37.5. The lowest BCUT2D eigenvalue weighted by Crippen LogP contribution is -2.60. The molecule has 0 radical (unpaired) electrons. The lowest BCUT2D eigenvalue weighted by molar-refractivity contribution is 1.13. The zero-order chi connectivity index (χ0) is 69.8. The Bertz CT molecular complexity index is 6360. The Morgan fingerprint density at radius 1 is 0.179 bits per heavy atom. The zero-order valence-electron chi connectivity index (χ0n) is 58.0. The molecule has 0 spiro atoms. The number of para-hydroxylation sites is 2. The average Bonchev–Trinajstić information content (AvgIpc) is 1.39. The lowest BCUT2D eigenvalue weighted by Gasteiger charge is -2.41. The van der Waals surface area contributed by atoms with Gasteiger partial charge in [-0.25, -0.2) is 0 Å². The zero-order valence-corrected chi connectivity index (χ0v) is 58.0. The maximum atomic E-state index is 2.64. The smallest absolute Gasteiger partial charge is 0.252 e. The fraction of sp³-hybridized carbons (Fsp3) is 0. The van der Waals surface area contributed by atoms with Crippen molar-refractivity contribution in [3.05, 3.63) is 400 Å². The molecule has 17 aromatic carbocycles. The van der Waals surface area contributed by atoms with Crippen LogP contribution in [0, 0.1) is 0 Å². The molecule has 0 fully saturated rings. The van der Waals surface area contributed by atoms with Crippen molar-refractivity contribution in [3.8, 4) is 123 Å². The molecular weight excluding hydrogens is 1280 g/mol. The summed E-state index contributed by atoms with van der Waals surface area (Å²) in [6, 6.07) is 149. The predicted octanol–water partition coefficient (Wildman–Crippen LogP) is 25.2. The molecule has 2 aliphatic heterocycles. The highest BCUT2D eigenvalue weighted by Crippen LogP contribution is 2.48. The number of aromatic nitrogens is 2. The van der Waals surface area contributed by atoms with Crippen molar-refractivity contribution in [2.45, 2.75) is 0 Å². The second kappa shape index (κ2) is 25.0. The van der Waals surface area contributed by atoms with Gasteiger partial charge in [0.15, 0.2) is 0 Å². The topological polar surface area (TPSA) is 13.1 Å². The standard InChI is InChI=1S/C102H66BN3/c1-8-28-67(29-9-1)76-54-77(68-30-10-2-11-31-68)57-80(56-76)73-48-51-90-91-52-49-74(81-58-78(69-32-12-3-13-33-69)55-79(59-81)70-34-14-4-15-35-70)64-98(91)105(97(90)63-73)84-65-99-101-100(66-84)106-95-47-27-26-46-89(95)92-60-82(88-45-25-23-43-86(88)72-38-18-6-19-39-72)62-94(102(92)106)103(101)93-61-75(50-53-96(93)104(99)83-40-20-7-21-41-83)87-44-24-22-42-85(87)71-36-16-5-17-37-71/h1-66H. The van der Waals surface area contributed by atoms with Crippen LogP contribution in [0.25, 0.3) is 166 Å². The molecule has 3 nitrogen and oxygen atoms in total. The Labute approximate surface area is 616 Å². The SMILES string of the molecule is c1ccc(-c2cc(-c3ccccc3)cc(-c3ccc4c5ccc(-c6cc(-c7ccccc7)cc(-c7ccccc7)c6)cc5n(-c5cc6c7c(c5)-n5c8ccccc8c8cc(-c9ccccc9-c9ccccc9)cc(c85)B7c5cc(-c7ccccc7-c7ccccc7)ccc5N6c5ccccc5)c4c3)c2)cc1. The Kier molecular flexibility index (Phi) is 14.4. The average molecular weight is 1340 g/mol. The van der Waals surface area contributed by atoms with E-state index in [1.807, 2.05) is 0 Å². The molecule has 4 heteroatoms. The number of hydrogen-bond acceptors (Lipinski definition) is 1. The number of rotatable bonds is 12. The van der Waals surface area contributed by atoms with Crippen LogP contribution in [0.2, 0.25) is 0 Å². The molecule has 19 aromatic rings. The van der Waals surface area contributed by atoms with Crippen LogP contribution in [0.1, 0.15) is 0 Å². The van der Waals surface area contributed by atoms with E-state index < -0.39 is 0 Å². The normalized spacial score (nSPS) is 12.1. The van der Waals surface area contributed by atoms with E-state index in [4.69, 9.17) is 0 Å². The van der Waals surface area contributed by atoms with Gasteiger partial charge in [-0.15, -0.1) is 0 Å². The van der Waals surface area contributed by atoms with Crippen molar-refractivity contribution in [2.75, 3.05) is 4.90 Å². The number of hydrogen-bond donors (Lipinski definition) is 0. The molecule has 0 amide bonds. The van der Waals surface area contributed by atoms with Gasteiger partial charge in [0.2, 0.25) is 0 Å². The van der Waals surface area contributed by atoms with E-state index in [-0.39, 0.29) is 6.71 Å². The van der Waals surface area contributed by atoms with Gasteiger partial charge in [-0.3, -0.25) is 0 Å². The van der Waals surface area contributed by atoms with Crippen LogP contribution in [0.15, 0.2) is 400 Å². The number of nitrogens with zero attached hydrogens (tertiary/aromatic N) is 3. The summed E-state index contributed by atoms with van der Waals surface area (Å²) in [5.74, 6) is 0. The van der Waals surface area contributed by atoms with Crippen LogP contribution in [-0.4, -0.2) is 15.8 Å². The van der Waals surface area contributed by atoms with E-state index in [1.165, 1.54) is 138 Å². The Morgan fingerprint density at radius 2 is 0.547 bits per heavy atom. The van der Waals surface area contributed by atoms with Gasteiger partial charge in [0.1, 0.15) is 0 Å². The Balaban J connectivity index is 0.875. The summed E-state index contributed by atoms with van der Waals surface area (Å²) in [7, 11) is 0. The molecule has 21 rings (SSSR count). The Morgan fingerprint density at radius 3 is 1.03 bits per heavy atom. The van der Waals surface area contributed by atoms with Crippen LogP contribution in [0.3, 0.4) is 0 Å². The molecule has 0 saturated carbocycles. The summed E-state index contributed by atoms with van der Waals surface area (Å²) >= 11 is 0. The van der Waals surface area contributed by atoms with Gasteiger partial charge in [-0.2, -0.15) is 0 Å². The molecule has 0 saturated heterocycles. The van der Waals surface area contributed by atoms with Crippen LogP contribution in [0.4, 0.5) is 17.1 Å². The molecule has 0 N–H and O–H groups in total. The summed E-state index contributed by atoms with van der Waals surface area (Å²) in [5, 5.41) is 4.80. The molecule has 2 aliphatic rings. The molecular formula is C102H66BN3. The van der Waals surface area contributed by atoms with Crippen molar-refractivity contribution < 1.29 is 0 Å². The third-order valence-corrected chi connectivity index (χ3v) is 22.2. The lowest BCUT2D eigenvalue weighted by atomic mass is 9.33. The minimum Gasteiger partial charge on any atom is -0.311 e. The molecule has 2 aromatic heterocycles. The van der Waals surface area contributed by atoms with E-state index in [0.29, 0.717) is 0 Å². The number of fused-ring (bicyclic) bond motifs is 10. The maximum Gasteiger partial charge on any atom is 0.252 e. The first kappa shape index (κ1) is 60.9. The van der Waals surface area contributed by atoms with Gasteiger partial charge in [-0.05, 0) is 219 Å². The fourth-order valence-corrected chi connectivity index (χ4v) is 17.4. The van der Waals surface area contributed by atoms with Crippen molar-refractivity contribution in [1.29, 1.82) is 0 Å². The summed E-state index contributed by atoms with van der Waals surface area (Å²) in [6.45, 7) is -0.205. The van der Waals surface area contributed by atoms with E-state index in [1.54, 1.807) is 0 Å². The third kappa shape index (κ3) is 10.1. The summed E-state index contributed by atoms with van der Waals surface area (Å²) in [6.07, 6.45) is 0. The highest BCUT2D eigenvalue weighted by Gasteiger charge is 2.43. The van der Waals surface area contributed by atoms with Crippen molar-refractivity contribution in [1.82, 2.24) is 9.13 Å². The van der Waals surface area contributed by atoms with Gasteiger partial charge in [0.05, 0.1) is 22.2 Å². The minimum atomic E-state index is -0.205. The van der Waals surface area contributed by atoms with Gasteiger partial charge < -0.3 is 14.0 Å². The second-order valence-corrected chi connectivity index (χ2v) is 28.3. The summed E-state index contributed by atoms with van der Waals surface area (Å²) in [4.78, 5) is 2.58. The minimum absolute atomic E-state index is 0.205. The van der Waals surface area contributed by atoms with Crippen molar-refractivity contribution in [3.63, 3.8) is 0 Å². The third-order valence-electron chi connectivity index (χ3n) is 22.2. The maximum absolute atomic E-state index is 2.64. The first-order valence-electron chi connectivity index (χ1n) is 36.7. The van der Waals surface area contributed by atoms with Crippen molar-refractivity contribution >= 4 is 83.8 Å². The summed E-state index contributed by atoms with van der Waals surface area (Å²) < 4.78 is 5.24. The number of anilines is 3. The van der Waals surface area contributed by atoms with Crippen LogP contribution >= 0.6 is 0 Å². The van der Waals surface area contributed by atoms with Crippen LogP contribution in [0.5, 0.6) is 0 Å². The monoisotopic (exact) mass is 1340 g/mol. The highest BCUT2D eigenvalue weighted by molar-refractivity contribution is 7.00. The molecule has 106 heavy (non-hydrogen) atoms. The second-order valence-electron chi connectivity index (χ2n) is 28.3. The number of benzene rings is 17. The molecule has 0 bridgehead atoms. The van der Waals surface area contributed by atoms with Crippen LogP contribution < -0.4 is 21.3 Å². The molecule has 0 aliphatic carbocycles. The molecule has 0 unspecified atom stereocenters. The van der Waals surface area contributed by atoms with Gasteiger partial charge >= 0.3 is 0 Å².